The Bertz CT molecular complexity index is 1600. The largest absolute Gasteiger partial charge is 0.435 e. The van der Waals surface area contributed by atoms with Gasteiger partial charge in [0.25, 0.3) is 10.0 Å². The maximum Gasteiger partial charge on any atom is 0.435 e. The van der Waals surface area contributed by atoms with Crippen LogP contribution in [-0.4, -0.2) is 34.7 Å². The van der Waals surface area contributed by atoms with Crippen LogP contribution in [-0.2, 0) is 22.6 Å². The van der Waals surface area contributed by atoms with Gasteiger partial charge in [-0.15, -0.1) is 0 Å². The monoisotopic (exact) mass is 592 g/mol. The van der Waals surface area contributed by atoms with Crippen LogP contribution in [0, 0.1) is 13.8 Å². The molecule has 1 N–H and O–H groups in total. The predicted molar refractivity (Wildman–Crippen MR) is 136 cm³/mol. The maximum atomic E-state index is 13.2. The van der Waals surface area contributed by atoms with Gasteiger partial charge in [-0.2, -0.15) is 23.3 Å². The Kier molecular flexibility index (Phi) is 6.23. The Labute approximate surface area is 219 Å². The van der Waals surface area contributed by atoms with Crippen molar-refractivity contribution < 1.29 is 21.6 Å². The molecule has 0 bridgehead atoms. The van der Waals surface area contributed by atoms with Crippen LogP contribution in [0.3, 0.4) is 0 Å². The molecule has 0 spiro atoms. The van der Waals surface area contributed by atoms with Gasteiger partial charge in [0.1, 0.15) is 0 Å². The highest BCUT2D eigenvalue weighted by atomic mass is 79.9. The summed E-state index contributed by atoms with van der Waals surface area (Å²) in [6.45, 7) is 3.71. The van der Waals surface area contributed by atoms with E-state index < -0.39 is 21.9 Å². The summed E-state index contributed by atoms with van der Waals surface area (Å²) in [5, 5.41) is 6.69. The van der Waals surface area contributed by atoms with E-state index in [1.54, 1.807) is 36.4 Å². The second-order valence-electron chi connectivity index (χ2n) is 8.55. The third kappa shape index (κ3) is 4.80. The van der Waals surface area contributed by atoms with Crippen LogP contribution in [0.2, 0.25) is 0 Å². The Hall–Kier alpha value is -3.45. The molecule has 0 aliphatic carbocycles. The molecule has 192 valence electrons. The molecule has 8 nitrogen and oxygen atoms in total. The van der Waals surface area contributed by atoms with Gasteiger partial charge >= 0.3 is 6.18 Å². The summed E-state index contributed by atoms with van der Waals surface area (Å²) in [7, 11) is -3.70. The molecule has 0 saturated heterocycles. The van der Waals surface area contributed by atoms with Crippen LogP contribution >= 0.6 is 15.9 Å². The highest BCUT2D eigenvalue weighted by Gasteiger charge is 2.35. The molecule has 0 unspecified atom stereocenters. The molecule has 13 heteroatoms. The SMILES string of the molecule is Cc1ccc(S(=O)(=O)N2CCc3cc(Nc4ncc(Br)c(-n5nc(C(F)(F)F)cc5C)n4)ccc32)cc1. The van der Waals surface area contributed by atoms with Crippen molar-refractivity contribution in [3.63, 3.8) is 0 Å². The number of rotatable bonds is 5. The van der Waals surface area contributed by atoms with Crippen molar-refractivity contribution in [1.29, 1.82) is 0 Å². The summed E-state index contributed by atoms with van der Waals surface area (Å²) in [4.78, 5) is 8.78. The quantitative estimate of drug-likeness (QED) is 0.326. The highest BCUT2D eigenvalue weighted by molar-refractivity contribution is 9.10. The van der Waals surface area contributed by atoms with E-state index in [2.05, 4.69) is 36.3 Å². The fraction of sp³-hybridized carbons (Fsp3) is 0.208. The van der Waals surface area contributed by atoms with Gasteiger partial charge in [0.05, 0.1) is 15.1 Å². The summed E-state index contributed by atoms with van der Waals surface area (Å²) in [6, 6.07) is 12.9. The Morgan fingerprint density at radius 3 is 2.46 bits per heavy atom. The van der Waals surface area contributed by atoms with E-state index in [0.29, 0.717) is 28.8 Å². The minimum Gasteiger partial charge on any atom is -0.324 e. The molecule has 5 rings (SSSR count). The van der Waals surface area contributed by atoms with E-state index in [0.717, 1.165) is 21.9 Å². The molecule has 0 atom stereocenters. The average molecular weight is 593 g/mol. The van der Waals surface area contributed by atoms with Gasteiger partial charge in [-0.25, -0.2) is 18.1 Å². The van der Waals surface area contributed by atoms with E-state index in [9.17, 15) is 21.6 Å². The lowest BCUT2D eigenvalue weighted by Crippen LogP contribution is -2.29. The average Bonchev–Trinajstić information content (AvgIpc) is 3.44. The minimum absolute atomic E-state index is 0.141. The summed E-state index contributed by atoms with van der Waals surface area (Å²) in [5.41, 5.74) is 2.23. The zero-order valence-electron chi connectivity index (χ0n) is 19.6. The van der Waals surface area contributed by atoms with Gasteiger partial charge in [0, 0.05) is 24.1 Å². The van der Waals surface area contributed by atoms with E-state index in [1.807, 2.05) is 13.0 Å². The number of nitrogens with zero attached hydrogens (tertiary/aromatic N) is 5. The zero-order valence-corrected chi connectivity index (χ0v) is 22.0. The lowest BCUT2D eigenvalue weighted by atomic mass is 10.1. The molecule has 4 aromatic rings. The molecule has 2 aromatic carbocycles. The summed E-state index contributed by atoms with van der Waals surface area (Å²) in [5.74, 6) is 0.283. The van der Waals surface area contributed by atoms with Gasteiger partial charge in [0.2, 0.25) is 5.95 Å². The van der Waals surface area contributed by atoms with Crippen LogP contribution < -0.4 is 9.62 Å². The molecule has 2 aromatic heterocycles. The van der Waals surface area contributed by atoms with Gasteiger partial charge < -0.3 is 5.32 Å². The van der Waals surface area contributed by atoms with Gasteiger partial charge in [-0.1, -0.05) is 17.7 Å². The van der Waals surface area contributed by atoms with Crippen molar-refractivity contribution >= 4 is 43.3 Å². The van der Waals surface area contributed by atoms with E-state index in [4.69, 9.17) is 0 Å². The molecular formula is C24H20BrF3N6O2S. The molecule has 3 heterocycles. The first-order valence-electron chi connectivity index (χ1n) is 11.1. The topological polar surface area (TPSA) is 93.0 Å². The predicted octanol–water partition coefficient (Wildman–Crippen LogP) is 5.56. The Morgan fingerprint density at radius 1 is 1.05 bits per heavy atom. The summed E-state index contributed by atoms with van der Waals surface area (Å²) < 4.78 is 68.6. The Balaban J connectivity index is 1.41. The molecular weight excluding hydrogens is 573 g/mol. The third-order valence-corrected chi connectivity index (χ3v) is 8.29. The maximum absolute atomic E-state index is 13.2. The standard InChI is InChI=1S/C24H20BrF3N6O2S/c1-14-3-6-18(7-4-14)37(35,36)33-10-9-16-12-17(5-8-20(16)33)30-23-29-13-19(25)22(31-23)34-15(2)11-21(32-34)24(26,27)28/h3-8,11-13H,9-10H2,1-2H3,(H,29,30,31). The summed E-state index contributed by atoms with van der Waals surface area (Å²) in [6.07, 6.45) is -2.64. The number of halogens is 4. The molecule has 1 aliphatic heterocycles. The van der Waals surface area contributed by atoms with Gasteiger partial charge in [-0.3, -0.25) is 4.31 Å². The molecule has 1 aliphatic rings. The first kappa shape index (κ1) is 25.2. The second-order valence-corrected chi connectivity index (χ2v) is 11.3. The van der Waals surface area contributed by atoms with Crippen LogP contribution in [0.25, 0.3) is 5.82 Å². The zero-order chi connectivity index (χ0) is 26.5. The van der Waals surface area contributed by atoms with Crippen molar-refractivity contribution in [2.75, 3.05) is 16.2 Å². The molecule has 0 amide bonds. The van der Waals surface area contributed by atoms with Crippen LogP contribution in [0.4, 0.5) is 30.5 Å². The molecule has 37 heavy (non-hydrogen) atoms. The number of anilines is 3. The molecule has 0 fully saturated rings. The van der Waals surface area contributed by atoms with Crippen LogP contribution in [0.1, 0.15) is 22.5 Å². The van der Waals surface area contributed by atoms with Gasteiger partial charge in [0.15, 0.2) is 11.5 Å². The van der Waals surface area contributed by atoms with E-state index in [1.165, 1.54) is 17.4 Å². The number of fused-ring (bicyclic) bond motifs is 1. The number of hydrogen-bond acceptors (Lipinski definition) is 6. The normalized spacial score (nSPS) is 13.6. The van der Waals surface area contributed by atoms with Crippen LogP contribution in [0.5, 0.6) is 0 Å². The first-order valence-corrected chi connectivity index (χ1v) is 13.3. The number of benzene rings is 2. The highest BCUT2D eigenvalue weighted by Crippen LogP contribution is 2.35. The lowest BCUT2D eigenvalue weighted by molar-refractivity contribution is -0.141. The fourth-order valence-electron chi connectivity index (χ4n) is 4.06. The smallest absolute Gasteiger partial charge is 0.324 e. The number of aryl methyl sites for hydroxylation is 2. The van der Waals surface area contributed by atoms with Crippen LogP contribution in [0.15, 0.2) is 64.1 Å². The number of nitrogens with one attached hydrogen (secondary N) is 1. The van der Waals surface area contributed by atoms with Gasteiger partial charge in [-0.05, 0) is 78.2 Å². The minimum atomic E-state index is -4.58. The van der Waals surface area contributed by atoms with Crippen molar-refractivity contribution in [3.05, 3.63) is 81.7 Å². The lowest BCUT2D eigenvalue weighted by Gasteiger charge is -2.20. The first-order chi connectivity index (χ1) is 17.4. The van der Waals surface area contributed by atoms with Crippen molar-refractivity contribution in [2.45, 2.75) is 31.3 Å². The summed E-state index contributed by atoms with van der Waals surface area (Å²) >= 11 is 3.28. The van der Waals surface area contributed by atoms with Crippen molar-refractivity contribution in [3.8, 4) is 5.82 Å². The number of sulfonamides is 1. The number of alkyl halides is 3. The van der Waals surface area contributed by atoms with E-state index in [-0.39, 0.29) is 22.4 Å². The third-order valence-electron chi connectivity index (χ3n) is 5.90. The molecule has 0 saturated carbocycles. The number of aromatic nitrogens is 4. The van der Waals surface area contributed by atoms with Crippen molar-refractivity contribution in [1.82, 2.24) is 19.7 Å². The Morgan fingerprint density at radius 2 is 1.78 bits per heavy atom. The van der Waals surface area contributed by atoms with E-state index >= 15 is 0 Å². The number of hydrogen-bond donors (Lipinski definition) is 1. The van der Waals surface area contributed by atoms with Crippen molar-refractivity contribution in [2.24, 2.45) is 0 Å². The molecule has 0 radical (unpaired) electrons. The second kappa shape index (κ2) is 9.14. The fourth-order valence-corrected chi connectivity index (χ4v) is 5.92.